The first kappa shape index (κ1) is 20.4. The van der Waals surface area contributed by atoms with Crippen LogP contribution in [0.4, 0.5) is 13.2 Å². The lowest BCUT2D eigenvalue weighted by Crippen LogP contribution is -2.52. The summed E-state index contributed by atoms with van der Waals surface area (Å²) >= 11 is 0. The van der Waals surface area contributed by atoms with Crippen molar-refractivity contribution in [1.29, 1.82) is 0 Å². The van der Waals surface area contributed by atoms with E-state index in [1.807, 2.05) is 13.8 Å². The van der Waals surface area contributed by atoms with Crippen molar-refractivity contribution in [3.05, 3.63) is 48.3 Å². The van der Waals surface area contributed by atoms with Gasteiger partial charge in [0.1, 0.15) is 23.8 Å². The molecule has 3 rings (SSSR count). The van der Waals surface area contributed by atoms with E-state index in [1.165, 1.54) is 30.5 Å². The average molecular weight is 396 g/mol. The molecule has 1 aliphatic rings. The predicted octanol–water partition coefficient (Wildman–Crippen LogP) is 2.75. The maximum Gasteiger partial charge on any atom is 0.573 e. The first-order valence-corrected chi connectivity index (χ1v) is 8.52. The second-order valence-electron chi connectivity index (χ2n) is 7.12. The summed E-state index contributed by atoms with van der Waals surface area (Å²) in [4.78, 5) is 4.12. The van der Waals surface area contributed by atoms with E-state index >= 15 is 0 Å². The molecule has 1 fully saturated rings. The molecule has 1 aromatic heterocycles. The zero-order chi connectivity index (χ0) is 20.6. The maximum absolute atomic E-state index is 12.2. The number of nitrogens with zero attached hydrogens (tertiary/aromatic N) is 1. The number of halogens is 3. The van der Waals surface area contributed by atoms with Gasteiger partial charge in [0.15, 0.2) is 0 Å². The molecule has 1 saturated heterocycles. The average Bonchev–Trinajstić information content (AvgIpc) is 2.81. The molecule has 28 heavy (non-hydrogen) atoms. The lowest BCUT2D eigenvalue weighted by molar-refractivity contribution is -0.274. The van der Waals surface area contributed by atoms with Gasteiger partial charge in [-0.3, -0.25) is 4.98 Å². The van der Waals surface area contributed by atoms with E-state index in [-0.39, 0.29) is 12.4 Å². The number of aromatic nitrogens is 1. The van der Waals surface area contributed by atoms with Crippen LogP contribution in [0, 0.1) is 0 Å². The molecule has 0 saturated carbocycles. The number of rotatable bonds is 5. The van der Waals surface area contributed by atoms with Gasteiger partial charge in [0.25, 0.3) is 0 Å². The highest BCUT2D eigenvalue weighted by molar-refractivity contribution is 6.62. The van der Waals surface area contributed by atoms with Crippen LogP contribution >= 0.6 is 0 Å². The molecule has 1 unspecified atom stereocenters. The monoisotopic (exact) mass is 396 g/mol. The summed E-state index contributed by atoms with van der Waals surface area (Å²) in [6.07, 6.45) is -1.60. The molecular formula is C18H20BF3N2O4. The summed E-state index contributed by atoms with van der Waals surface area (Å²) in [5.74, 6) is 0.173. The molecule has 2 heterocycles. The second-order valence-corrected chi connectivity index (χ2v) is 7.12. The van der Waals surface area contributed by atoms with Gasteiger partial charge in [-0.15, -0.1) is 13.2 Å². The first-order chi connectivity index (χ1) is 13.0. The molecular weight excluding hydrogens is 376 g/mol. The van der Waals surface area contributed by atoms with E-state index < -0.39 is 24.8 Å². The Kier molecular flexibility index (Phi) is 5.31. The molecule has 1 aliphatic heterocycles. The van der Waals surface area contributed by atoms with Gasteiger partial charge in [0, 0.05) is 11.7 Å². The number of ether oxygens (including phenoxy) is 2. The Morgan fingerprint density at radius 2 is 1.75 bits per heavy atom. The maximum atomic E-state index is 12.2. The number of hydrogen-bond acceptors (Lipinski definition) is 6. The molecule has 0 radical (unpaired) electrons. The van der Waals surface area contributed by atoms with E-state index in [1.54, 1.807) is 19.2 Å². The van der Waals surface area contributed by atoms with Crippen LogP contribution in [0.2, 0.25) is 0 Å². The highest BCUT2D eigenvalue weighted by Crippen LogP contribution is 2.33. The summed E-state index contributed by atoms with van der Waals surface area (Å²) in [5, 5.41) is 0. The fourth-order valence-corrected chi connectivity index (χ4v) is 2.51. The third-order valence-corrected chi connectivity index (χ3v) is 4.52. The number of alkyl halides is 3. The third kappa shape index (κ3) is 4.75. The van der Waals surface area contributed by atoms with Gasteiger partial charge < -0.3 is 24.5 Å². The molecule has 0 bridgehead atoms. The molecule has 2 aromatic rings. The summed E-state index contributed by atoms with van der Waals surface area (Å²) < 4.78 is 57.7. The van der Waals surface area contributed by atoms with Gasteiger partial charge in [-0.05, 0) is 44.5 Å². The van der Waals surface area contributed by atoms with Crippen LogP contribution < -0.4 is 20.7 Å². The Labute approximate surface area is 160 Å². The Balaban J connectivity index is 1.63. The lowest BCUT2D eigenvalue weighted by Gasteiger charge is -2.31. The minimum Gasteiger partial charge on any atom is -0.487 e. The molecule has 1 aromatic carbocycles. The van der Waals surface area contributed by atoms with Crippen LogP contribution in [-0.2, 0) is 15.9 Å². The number of hydrogen-bond donors (Lipinski definition) is 1. The first-order valence-electron chi connectivity index (χ1n) is 8.52. The quantitative estimate of drug-likeness (QED) is 0.784. The highest BCUT2D eigenvalue weighted by atomic mass is 19.4. The smallest absolute Gasteiger partial charge is 0.487 e. The Morgan fingerprint density at radius 3 is 2.32 bits per heavy atom. The van der Waals surface area contributed by atoms with Gasteiger partial charge in [0.2, 0.25) is 0 Å². The van der Waals surface area contributed by atoms with Crippen molar-refractivity contribution in [2.75, 3.05) is 0 Å². The van der Waals surface area contributed by atoms with Crippen molar-refractivity contribution in [2.45, 2.75) is 45.1 Å². The van der Waals surface area contributed by atoms with Crippen LogP contribution in [0.3, 0.4) is 0 Å². The van der Waals surface area contributed by atoms with E-state index in [0.717, 1.165) is 0 Å². The predicted molar refractivity (Wildman–Crippen MR) is 95.9 cm³/mol. The van der Waals surface area contributed by atoms with Gasteiger partial charge in [-0.2, -0.15) is 0 Å². The lowest BCUT2D eigenvalue weighted by atomic mass is 9.80. The number of pyridine rings is 1. The Bertz CT molecular complexity index is 812. The summed E-state index contributed by atoms with van der Waals surface area (Å²) in [6.45, 7) is 5.57. The fourth-order valence-electron chi connectivity index (χ4n) is 2.51. The van der Waals surface area contributed by atoms with Gasteiger partial charge in [-0.1, -0.05) is 12.1 Å². The van der Waals surface area contributed by atoms with Gasteiger partial charge in [0.05, 0.1) is 11.8 Å². The van der Waals surface area contributed by atoms with Crippen LogP contribution in [-0.4, -0.2) is 29.8 Å². The zero-order valence-corrected chi connectivity index (χ0v) is 15.6. The van der Waals surface area contributed by atoms with Crippen LogP contribution in [0.25, 0.3) is 0 Å². The van der Waals surface area contributed by atoms with Crippen LogP contribution in [0.5, 0.6) is 11.5 Å². The SMILES string of the molecule is CC1(C)OB(c2cncc(OCc3ccc(OC(F)(F)F)cc3)c2)OC1(C)N. The molecule has 2 N–H and O–H groups in total. The fraction of sp³-hybridized carbons (Fsp3) is 0.389. The molecule has 150 valence electrons. The van der Waals surface area contributed by atoms with E-state index in [4.69, 9.17) is 19.8 Å². The van der Waals surface area contributed by atoms with Crippen molar-refractivity contribution in [2.24, 2.45) is 5.73 Å². The van der Waals surface area contributed by atoms with Crippen molar-refractivity contribution >= 4 is 12.6 Å². The molecule has 6 nitrogen and oxygen atoms in total. The minimum absolute atomic E-state index is 0.143. The molecule has 0 aliphatic carbocycles. The second kappa shape index (κ2) is 7.27. The third-order valence-electron chi connectivity index (χ3n) is 4.52. The normalized spacial score (nSPS) is 21.6. The van der Waals surface area contributed by atoms with E-state index in [2.05, 4.69) is 9.72 Å². The molecule has 0 spiro atoms. The largest absolute Gasteiger partial charge is 0.573 e. The van der Waals surface area contributed by atoms with E-state index in [9.17, 15) is 13.2 Å². The molecule has 1 atom stereocenters. The summed E-state index contributed by atoms with van der Waals surface area (Å²) in [6, 6.07) is 7.15. The van der Waals surface area contributed by atoms with E-state index in [0.29, 0.717) is 16.8 Å². The van der Waals surface area contributed by atoms with Crippen LogP contribution in [0.1, 0.15) is 26.3 Å². The van der Waals surface area contributed by atoms with Gasteiger partial charge in [-0.25, -0.2) is 0 Å². The molecule has 0 amide bonds. The Hall–Kier alpha value is -2.30. The molecule has 10 heteroatoms. The minimum atomic E-state index is -4.72. The van der Waals surface area contributed by atoms with Gasteiger partial charge >= 0.3 is 13.5 Å². The number of benzene rings is 1. The van der Waals surface area contributed by atoms with Crippen molar-refractivity contribution < 1.29 is 32.0 Å². The summed E-state index contributed by atoms with van der Waals surface area (Å²) in [5.41, 5.74) is 5.79. The van der Waals surface area contributed by atoms with Crippen molar-refractivity contribution in [1.82, 2.24) is 4.98 Å². The standard InChI is InChI=1S/C18H20BF3N2O4/c1-16(2)17(3,23)28-19(27-16)13-8-15(10-24-9-13)25-11-12-4-6-14(7-5-12)26-18(20,21)22/h4-10H,11,23H2,1-3H3. The van der Waals surface area contributed by atoms with Crippen molar-refractivity contribution in [3.8, 4) is 11.5 Å². The van der Waals surface area contributed by atoms with Crippen LogP contribution in [0.15, 0.2) is 42.7 Å². The zero-order valence-electron chi connectivity index (χ0n) is 15.6. The summed E-state index contributed by atoms with van der Waals surface area (Å²) in [7, 11) is -0.681. The topological polar surface area (TPSA) is 75.8 Å². The highest BCUT2D eigenvalue weighted by Gasteiger charge is 2.52. The Morgan fingerprint density at radius 1 is 1.07 bits per heavy atom. The number of nitrogens with two attached hydrogens (primary N) is 1. The van der Waals surface area contributed by atoms with Crippen molar-refractivity contribution in [3.63, 3.8) is 0 Å².